The number of carbonyl (C=O) groups excluding carboxylic acids is 2. The first-order valence-electron chi connectivity index (χ1n) is 6.24. The highest BCUT2D eigenvalue weighted by molar-refractivity contribution is 9.10. The number of likely N-dealkylation sites (tertiary alicyclic amines) is 1. The Morgan fingerprint density at radius 3 is 2.85 bits per heavy atom. The van der Waals surface area contributed by atoms with Crippen molar-refractivity contribution in [1.82, 2.24) is 4.90 Å². The summed E-state index contributed by atoms with van der Waals surface area (Å²) in [7, 11) is 0. The summed E-state index contributed by atoms with van der Waals surface area (Å²) in [4.78, 5) is 36.6. The van der Waals surface area contributed by atoms with Gasteiger partial charge in [0.2, 0.25) is 5.91 Å². The lowest BCUT2D eigenvalue weighted by molar-refractivity contribution is -0.148. The van der Waals surface area contributed by atoms with Gasteiger partial charge >= 0.3 is 5.97 Å². The number of aliphatic carboxylic acids is 1. The van der Waals surface area contributed by atoms with E-state index >= 15 is 0 Å². The molecule has 0 aliphatic carbocycles. The number of nitrogens with zero attached hydrogens (tertiary/aromatic N) is 1. The predicted octanol–water partition coefficient (Wildman–Crippen LogP) is 2.16. The van der Waals surface area contributed by atoms with E-state index in [-0.39, 0.29) is 18.1 Å². The number of halogens is 1. The Bertz CT molecular complexity index is 516. The van der Waals surface area contributed by atoms with Crippen LogP contribution in [0.15, 0.2) is 17.5 Å². The average Bonchev–Trinajstić information content (AvgIpc) is 3.08. The Morgan fingerprint density at radius 1 is 1.50 bits per heavy atom. The van der Waals surface area contributed by atoms with Crippen LogP contribution in [0.4, 0.5) is 0 Å². The number of thiophene rings is 1. The number of carbonyl (C=O) groups is 3. The van der Waals surface area contributed by atoms with Crippen LogP contribution in [0.1, 0.15) is 28.9 Å². The van der Waals surface area contributed by atoms with Crippen LogP contribution in [-0.2, 0) is 9.59 Å². The molecule has 108 valence electrons. The molecule has 5 nitrogen and oxygen atoms in total. The first-order chi connectivity index (χ1) is 9.50. The van der Waals surface area contributed by atoms with Gasteiger partial charge in [-0.05, 0) is 24.3 Å². The van der Waals surface area contributed by atoms with Gasteiger partial charge in [0.15, 0.2) is 5.78 Å². The van der Waals surface area contributed by atoms with Gasteiger partial charge in [0.05, 0.1) is 9.70 Å². The fraction of sp³-hybridized carbons (Fsp3) is 0.462. The molecule has 1 saturated heterocycles. The molecule has 0 aromatic carbocycles. The van der Waals surface area contributed by atoms with Gasteiger partial charge in [-0.2, -0.15) is 0 Å². The summed E-state index contributed by atoms with van der Waals surface area (Å²) in [6.45, 7) is 0.447. The molecule has 0 radical (unpaired) electrons. The molecule has 2 atom stereocenters. The SMILES string of the molecule is O=C(c1cccs1)C(Br)CC(=O)N1CCC[C@H]1C(=O)O. The summed E-state index contributed by atoms with van der Waals surface area (Å²) in [5, 5.41) is 10.9. The molecule has 1 aromatic heterocycles. The van der Waals surface area contributed by atoms with Gasteiger partial charge in [0.25, 0.3) is 0 Å². The molecular formula is C13H14BrNO4S. The van der Waals surface area contributed by atoms with Crippen molar-refractivity contribution in [2.45, 2.75) is 30.1 Å². The topological polar surface area (TPSA) is 74.7 Å². The maximum absolute atomic E-state index is 12.1. The van der Waals surface area contributed by atoms with E-state index in [4.69, 9.17) is 5.11 Å². The van der Waals surface area contributed by atoms with Gasteiger partial charge in [-0.1, -0.05) is 22.0 Å². The second-order valence-corrected chi connectivity index (χ2v) is 6.65. The zero-order valence-corrected chi connectivity index (χ0v) is 13.0. The molecule has 7 heteroatoms. The van der Waals surface area contributed by atoms with Crippen molar-refractivity contribution in [3.05, 3.63) is 22.4 Å². The van der Waals surface area contributed by atoms with E-state index < -0.39 is 16.8 Å². The van der Waals surface area contributed by atoms with Crippen molar-refractivity contribution in [3.8, 4) is 0 Å². The monoisotopic (exact) mass is 359 g/mol. The molecule has 1 N–H and O–H groups in total. The van der Waals surface area contributed by atoms with Gasteiger partial charge in [-0.3, -0.25) is 9.59 Å². The zero-order chi connectivity index (χ0) is 14.7. The smallest absolute Gasteiger partial charge is 0.326 e. The fourth-order valence-electron chi connectivity index (χ4n) is 2.26. The van der Waals surface area contributed by atoms with Crippen molar-refractivity contribution >= 4 is 44.9 Å². The highest BCUT2D eigenvalue weighted by Crippen LogP contribution is 2.22. The molecule has 2 rings (SSSR count). The van der Waals surface area contributed by atoms with E-state index in [1.165, 1.54) is 16.2 Å². The van der Waals surface area contributed by atoms with Crippen molar-refractivity contribution in [3.63, 3.8) is 0 Å². The van der Waals surface area contributed by atoms with E-state index in [2.05, 4.69) is 15.9 Å². The zero-order valence-electron chi connectivity index (χ0n) is 10.6. The number of carboxylic acids is 1. The Balaban J connectivity index is 1.97. The summed E-state index contributed by atoms with van der Waals surface area (Å²) in [6.07, 6.45) is 1.15. The van der Waals surface area contributed by atoms with Crippen LogP contribution in [0.3, 0.4) is 0 Å². The van der Waals surface area contributed by atoms with E-state index in [0.717, 1.165) is 0 Å². The first-order valence-corrected chi connectivity index (χ1v) is 8.04. The van der Waals surface area contributed by atoms with Gasteiger partial charge < -0.3 is 10.0 Å². The number of ketones is 1. The molecule has 1 aliphatic rings. The van der Waals surface area contributed by atoms with Crippen LogP contribution in [-0.4, -0.2) is 45.1 Å². The van der Waals surface area contributed by atoms with E-state index in [0.29, 0.717) is 24.3 Å². The minimum absolute atomic E-state index is 0.0134. The van der Waals surface area contributed by atoms with Crippen molar-refractivity contribution < 1.29 is 19.5 Å². The third-order valence-corrected chi connectivity index (χ3v) is 4.88. The average molecular weight is 360 g/mol. The molecule has 1 aromatic rings. The third-order valence-electron chi connectivity index (χ3n) is 3.26. The van der Waals surface area contributed by atoms with Gasteiger partial charge in [0, 0.05) is 13.0 Å². The minimum Gasteiger partial charge on any atom is -0.480 e. The Labute approximate surface area is 128 Å². The standard InChI is InChI=1S/C13H14BrNO4S/c14-8(12(17)10-4-2-6-20-10)7-11(16)15-5-1-3-9(15)13(18)19/h2,4,6,8-9H,1,3,5,7H2,(H,18,19)/t8?,9-/m0/s1. The molecule has 20 heavy (non-hydrogen) atoms. The first kappa shape index (κ1) is 15.2. The Kier molecular flexibility index (Phi) is 4.93. The Hall–Kier alpha value is -1.21. The quantitative estimate of drug-likeness (QED) is 0.645. The van der Waals surface area contributed by atoms with Crippen LogP contribution < -0.4 is 0 Å². The van der Waals surface area contributed by atoms with Crippen molar-refractivity contribution in [1.29, 1.82) is 0 Å². The van der Waals surface area contributed by atoms with Gasteiger partial charge in [-0.15, -0.1) is 11.3 Å². The Morgan fingerprint density at radius 2 is 2.25 bits per heavy atom. The van der Waals surface area contributed by atoms with Crippen molar-refractivity contribution in [2.75, 3.05) is 6.54 Å². The van der Waals surface area contributed by atoms with Crippen LogP contribution in [0.2, 0.25) is 0 Å². The molecule has 0 saturated carbocycles. The van der Waals surface area contributed by atoms with E-state index in [9.17, 15) is 14.4 Å². The number of Topliss-reactive ketones (excluding diaryl/α,β-unsaturated/α-hetero) is 1. The van der Waals surface area contributed by atoms with Crippen LogP contribution in [0.25, 0.3) is 0 Å². The lowest BCUT2D eigenvalue weighted by Gasteiger charge is -2.22. The largest absolute Gasteiger partial charge is 0.480 e. The number of hydrogen-bond acceptors (Lipinski definition) is 4. The highest BCUT2D eigenvalue weighted by atomic mass is 79.9. The third kappa shape index (κ3) is 3.27. The second-order valence-electron chi connectivity index (χ2n) is 4.60. The molecule has 1 amide bonds. The molecule has 1 unspecified atom stereocenters. The molecule has 0 bridgehead atoms. The lowest BCUT2D eigenvalue weighted by atomic mass is 10.1. The van der Waals surface area contributed by atoms with Gasteiger partial charge in [-0.25, -0.2) is 4.79 Å². The summed E-state index contributed by atoms with van der Waals surface area (Å²) in [5.41, 5.74) is 0. The summed E-state index contributed by atoms with van der Waals surface area (Å²) in [5.74, 6) is -1.41. The lowest BCUT2D eigenvalue weighted by Crippen LogP contribution is -2.41. The second kappa shape index (κ2) is 6.49. The normalized spacial score (nSPS) is 19.9. The summed E-state index contributed by atoms with van der Waals surface area (Å²) >= 11 is 4.56. The van der Waals surface area contributed by atoms with Crippen LogP contribution in [0.5, 0.6) is 0 Å². The summed E-state index contributed by atoms with van der Waals surface area (Å²) in [6, 6.07) is 2.74. The number of alkyl halides is 1. The number of hydrogen-bond donors (Lipinski definition) is 1. The molecular weight excluding hydrogens is 346 g/mol. The molecule has 0 spiro atoms. The van der Waals surface area contributed by atoms with Crippen LogP contribution >= 0.6 is 27.3 Å². The fourth-order valence-corrected chi connectivity index (χ4v) is 3.65. The van der Waals surface area contributed by atoms with E-state index in [1.54, 1.807) is 17.5 Å². The molecule has 1 fully saturated rings. The summed E-state index contributed by atoms with van der Waals surface area (Å²) < 4.78 is 0. The predicted molar refractivity (Wildman–Crippen MR) is 78.4 cm³/mol. The minimum atomic E-state index is -0.980. The van der Waals surface area contributed by atoms with Gasteiger partial charge in [0.1, 0.15) is 6.04 Å². The van der Waals surface area contributed by atoms with E-state index in [1.807, 2.05) is 0 Å². The number of carboxylic acid groups (broad SMARTS) is 1. The maximum atomic E-state index is 12.1. The molecule has 1 aliphatic heterocycles. The molecule has 2 heterocycles. The van der Waals surface area contributed by atoms with Crippen molar-refractivity contribution in [2.24, 2.45) is 0 Å². The highest BCUT2D eigenvalue weighted by Gasteiger charge is 2.35. The van der Waals surface area contributed by atoms with Crippen LogP contribution in [0, 0.1) is 0 Å². The maximum Gasteiger partial charge on any atom is 0.326 e. The number of rotatable bonds is 5. The number of amides is 1.